The summed E-state index contributed by atoms with van der Waals surface area (Å²) < 4.78 is 15.6. The van der Waals surface area contributed by atoms with Crippen molar-refractivity contribution in [2.45, 2.75) is 46.0 Å². The summed E-state index contributed by atoms with van der Waals surface area (Å²) in [5.74, 6) is -1.73. The quantitative estimate of drug-likeness (QED) is 0.284. The summed E-state index contributed by atoms with van der Waals surface area (Å²) in [5, 5.41) is 19.6. The number of para-hydroxylation sites is 1. The minimum absolute atomic E-state index is 0.0521. The molecule has 0 aromatic heterocycles. The highest BCUT2D eigenvalue weighted by molar-refractivity contribution is 6.47. The summed E-state index contributed by atoms with van der Waals surface area (Å²) in [7, 11) is -1.29. The lowest BCUT2D eigenvalue weighted by Gasteiger charge is -2.28. The number of ether oxygens (including phenoxy) is 2. The Bertz CT molecular complexity index is 1030. The average molecular weight is 454 g/mol. The molecule has 0 spiro atoms. The molecule has 0 unspecified atom stereocenters. The van der Waals surface area contributed by atoms with Crippen molar-refractivity contribution >= 4 is 24.8 Å². The van der Waals surface area contributed by atoms with Crippen LogP contribution in [0.2, 0.25) is 5.82 Å². The number of carbonyl (C=O) groups is 3. The zero-order valence-electron chi connectivity index (χ0n) is 18.9. The summed E-state index contributed by atoms with van der Waals surface area (Å²) in [6.07, 6.45) is 0.383. The first-order chi connectivity index (χ1) is 15.6. The van der Waals surface area contributed by atoms with Crippen molar-refractivity contribution in [2.75, 3.05) is 6.79 Å². The van der Waals surface area contributed by atoms with Gasteiger partial charge in [-0.3, -0.25) is 9.59 Å². The van der Waals surface area contributed by atoms with Gasteiger partial charge in [-0.15, -0.1) is 0 Å². The fourth-order valence-electron chi connectivity index (χ4n) is 3.40. The molecule has 0 saturated carbocycles. The molecule has 2 N–H and O–H groups in total. The van der Waals surface area contributed by atoms with Gasteiger partial charge in [0.2, 0.25) is 6.79 Å². The van der Waals surface area contributed by atoms with Crippen molar-refractivity contribution in [3.63, 3.8) is 0 Å². The number of hydrogen-bond donors (Lipinski definition) is 2. The average Bonchev–Trinajstić information content (AvgIpc) is 2.78. The fourth-order valence-corrected chi connectivity index (χ4v) is 3.40. The molecule has 3 rings (SSSR count). The van der Waals surface area contributed by atoms with E-state index >= 15 is 0 Å². The number of Topliss-reactive ketones (excluding diaryl/α,β-unsaturated/α-hetero) is 1. The second-order valence-electron chi connectivity index (χ2n) is 8.98. The number of carbonyl (C=O) groups excluding carboxylic acids is 3. The SMILES string of the molecule is CC(C)(C)C(=O)OCOC(=O)c1cccc2c1OB(O)[C@@H](CC(=O)c1ccc(CO)cc1)C2. The van der Waals surface area contributed by atoms with Crippen LogP contribution in [0.25, 0.3) is 0 Å². The zero-order valence-corrected chi connectivity index (χ0v) is 18.9. The van der Waals surface area contributed by atoms with Gasteiger partial charge in [-0.1, -0.05) is 36.4 Å². The number of benzene rings is 2. The second-order valence-corrected chi connectivity index (χ2v) is 8.98. The van der Waals surface area contributed by atoms with Crippen LogP contribution in [0.15, 0.2) is 42.5 Å². The predicted octanol–water partition coefficient (Wildman–Crippen LogP) is 2.94. The van der Waals surface area contributed by atoms with Crippen LogP contribution in [0.4, 0.5) is 0 Å². The van der Waals surface area contributed by atoms with E-state index in [1.54, 1.807) is 57.2 Å². The molecule has 33 heavy (non-hydrogen) atoms. The van der Waals surface area contributed by atoms with E-state index in [0.29, 0.717) is 23.1 Å². The van der Waals surface area contributed by atoms with Crippen molar-refractivity contribution < 1.29 is 38.6 Å². The van der Waals surface area contributed by atoms with Crippen LogP contribution < -0.4 is 4.65 Å². The van der Waals surface area contributed by atoms with Gasteiger partial charge < -0.3 is 24.3 Å². The van der Waals surface area contributed by atoms with E-state index in [0.717, 1.165) is 0 Å². The lowest BCUT2D eigenvalue weighted by atomic mass is 9.64. The van der Waals surface area contributed by atoms with E-state index in [4.69, 9.17) is 19.2 Å². The Balaban J connectivity index is 1.66. The largest absolute Gasteiger partial charge is 0.535 e. The smallest absolute Gasteiger partial charge is 0.526 e. The number of aliphatic hydroxyl groups is 1. The second kappa shape index (κ2) is 10.2. The molecule has 2 aromatic carbocycles. The van der Waals surface area contributed by atoms with Crippen LogP contribution >= 0.6 is 0 Å². The molecule has 0 saturated heterocycles. The third kappa shape index (κ3) is 6.00. The molecule has 1 heterocycles. The van der Waals surface area contributed by atoms with Gasteiger partial charge in [0.15, 0.2) is 5.78 Å². The van der Waals surface area contributed by atoms with Gasteiger partial charge in [-0.25, -0.2) is 4.79 Å². The minimum atomic E-state index is -1.29. The minimum Gasteiger partial charge on any atom is -0.535 e. The van der Waals surface area contributed by atoms with Crippen LogP contribution in [0, 0.1) is 5.41 Å². The summed E-state index contributed by atoms with van der Waals surface area (Å²) in [6.45, 7) is 4.42. The van der Waals surface area contributed by atoms with Gasteiger partial charge >= 0.3 is 19.1 Å². The zero-order chi connectivity index (χ0) is 24.2. The Kier molecular flexibility index (Phi) is 7.55. The van der Waals surface area contributed by atoms with Gasteiger partial charge in [0, 0.05) is 17.8 Å². The molecule has 1 aliphatic rings. The molecule has 0 aliphatic carbocycles. The van der Waals surface area contributed by atoms with Crippen LogP contribution in [-0.4, -0.2) is 41.8 Å². The lowest BCUT2D eigenvalue weighted by molar-refractivity contribution is -0.161. The summed E-state index contributed by atoms with van der Waals surface area (Å²) >= 11 is 0. The monoisotopic (exact) mass is 454 g/mol. The summed E-state index contributed by atoms with van der Waals surface area (Å²) in [4.78, 5) is 37.0. The maximum absolute atomic E-state index is 12.6. The molecule has 174 valence electrons. The molecule has 1 aliphatic heterocycles. The lowest BCUT2D eigenvalue weighted by Crippen LogP contribution is -2.36. The number of aliphatic hydroxyl groups excluding tert-OH is 1. The summed E-state index contributed by atoms with van der Waals surface area (Å²) in [5.41, 5.74) is 1.22. The number of ketones is 1. The van der Waals surface area contributed by atoms with E-state index in [1.165, 1.54) is 6.07 Å². The number of fused-ring (bicyclic) bond motifs is 1. The van der Waals surface area contributed by atoms with Crippen LogP contribution in [-0.2, 0) is 27.3 Å². The molecule has 0 fully saturated rings. The highest BCUT2D eigenvalue weighted by Crippen LogP contribution is 2.37. The summed E-state index contributed by atoms with van der Waals surface area (Å²) in [6, 6.07) is 11.5. The highest BCUT2D eigenvalue weighted by Gasteiger charge is 2.38. The standard InChI is InChI=1S/C24H27BO8/c1-24(2,3)23(29)32-14-31-22(28)19-6-4-5-17-11-18(25(30)33-21(17)19)12-20(27)16-9-7-15(13-26)8-10-16/h4-10,18,26,30H,11-14H2,1-3H3/t18-/m1/s1. The van der Waals surface area contributed by atoms with Gasteiger partial charge in [-0.2, -0.15) is 0 Å². The van der Waals surface area contributed by atoms with Gasteiger partial charge in [0.1, 0.15) is 11.3 Å². The molecular weight excluding hydrogens is 427 g/mol. The molecule has 2 aromatic rings. The van der Waals surface area contributed by atoms with Gasteiger partial charge in [0.05, 0.1) is 12.0 Å². The van der Waals surface area contributed by atoms with E-state index in [1.807, 2.05) is 0 Å². The third-order valence-electron chi connectivity index (χ3n) is 5.34. The van der Waals surface area contributed by atoms with Gasteiger partial charge in [0.25, 0.3) is 0 Å². The Labute approximate surface area is 192 Å². The van der Waals surface area contributed by atoms with Crippen molar-refractivity contribution in [1.82, 2.24) is 0 Å². The van der Waals surface area contributed by atoms with Crippen LogP contribution in [0.5, 0.6) is 5.75 Å². The van der Waals surface area contributed by atoms with Crippen molar-refractivity contribution in [1.29, 1.82) is 0 Å². The molecule has 0 amide bonds. The Morgan fingerprint density at radius 3 is 2.42 bits per heavy atom. The topological polar surface area (TPSA) is 119 Å². The van der Waals surface area contributed by atoms with E-state index in [-0.39, 0.29) is 30.1 Å². The molecular formula is C24H27BO8. The van der Waals surface area contributed by atoms with Crippen molar-refractivity contribution in [3.05, 3.63) is 64.7 Å². The fraction of sp³-hybridized carbons (Fsp3) is 0.375. The number of hydrogen-bond acceptors (Lipinski definition) is 8. The third-order valence-corrected chi connectivity index (χ3v) is 5.34. The van der Waals surface area contributed by atoms with Gasteiger partial charge in [-0.05, 0) is 44.4 Å². The first kappa shape index (κ1) is 24.5. The van der Waals surface area contributed by atoms with Crippen LogP contribution in [0.1, 0.15) is 59.0 Å². The Morgan fingerprint density at radius 1 is 1.09 bits per heavy atom. The van der Waals surface area contributed by atoms with E-state index in [9.17, 15) is 19.4 Å². The predicted molar refractivity (Wildman–Crippen MR) is 120 cm³/mol. The molecule has 0 bridgehead atoms. The first-order valence-corrected chi connectivity index (χ1v) is 10.6. The van der Waals surface area contributed by atoms with Crippen LogP contribution in [0.3, 0.4) is 0 Å². The normalized spacial score (nSPS) is 15.3. The number of esters is 2. The first-order valence-electron chi connectivity index (χ1n) is 10.6. The molecule has 0 radical (unpaired) electrons. The van der Waals surface area contributed by atoms with Crippen molar-refractivity contribution in [2.24, 2.45) is 5.41 Å². The Morgan fingerprint density at radius 2 is 1.79 bits per heavy atom. The van der Waals surface area contributed by atoms with E-state index in [2.05, 4.69) is 0 Å². The maximum atomic E-state index is 12.6. The highest BCUT2D eigenvalue weighted by atomic mass is 16.7. The molecule has 1 atom stereocenters. The maximum Gasteiger partial charge on any atom is 0.526 e. The molecule has 9 heteroatoms. The van der Waals surface area contributed by atoms with E-state index < -0.39 is 37.1 Å². The Hall–Kier alpha value is -3.17. The van der Waals surface area contributed by atoms with Crippen molar-refractivity contribution in [3.8, 4) is 5.75 Å². The number of rotatable bonds is 7. The molecule has 8 nitrogen and oxygen atoms in total.